The summed E-state index contributed by atoms with van der Waals surface area (Å²) in [6.07, 6.45) is -3.48. The molecule has 1 heterocycles. The number of hydrogen-bond donors (Lipinski definition) is 1. The highest BCUT2D eigenvalue weighted by Gasteiger charge is 2.32. The van der Waals surface area contributed by atoms with Gasteiger partial charge in [0.15, 0.2) is 11.5 Å². The third kappa shape index (κ3) is 3.53. The Morgan fingerprint density at radius 1 is 1.05 bits per heavy atom. The molecule has 1 aromatic carbocycles. The van der Waals surface area contributed by atoms with Crippen LogP contribution >= 0.6 is 0 Å². The van der Waals surface area contributed by atoms with Gasteiger partial charge in [-0.15, -0.1) is 0 Å². The van der Waals surface area contributed by atoms with Crippen LogP contribution in [0.1, 0.15) is 5.69 Å². The van der Waals surface area contributed by atoms with Crippen LogP contribution in [0.25, 0.3) is 0 Å². The van der Waals surface area contributed by atoms with Gasteiger partial charge in [0.2, 0.25) is 5.95 Å². The minimum absolute atomic E-state index is 0.156. The molecule has 0 saturated carbocycles. The molecule has 5 nitrogen and oxygen atoms in total. The highest BCUT2D eigenvalue weighted by atomic mass is 19.4. The van der Waals surface area contributed by atoms with E-state index in [0.717, 1.165) is 12.3 Å². The highest BCUT2D eigenvalue weighted by Crippen LogP contribution is 2.31. The summed E-state index contributed by atoms with van der Waals surface area (Å²) >= 11 is 0. The monoisotopic (exact) mass is 299 g/mol. The molecule has 1 aromatic heterocycles. The van der Waals surface area contributed by atoms with Crippen LogP contribution in [0.4, 0.5) is 24.8 Å². The molecule has 0 aliphatic heterocycles. The maximum absolute atomic E-state index is 12.6. The lowest BCUT2D eigenvalue weighted by Crippen LogP contribution is -2.10. The predicted molar refractivity (Wildman–Crippen MR) is 69.9 cm³/mol. The molecule has 0 amide bonds. The Kier molecular flexibility index (Phi) is 4.15. The second-order valence-corrected chi connectivity index (χ2v) is 3.96. The van der Waals surface area contributed by atoms with Crippen molar-refractivity contribution in [3.05, 3.63) is 36.2 Å². The van der Waals surface area contributed by atoms with Crippen molar-refractivity contribution in [1.82, 2.24) is 9.97 Å². The topological polar surface area (TPSA) is 56.3 Å². The molecule has 0 unspecified atom stereocenters. The first-order chi connectivity index (χ1) is 9.94. The van der Waals surface area contributed by atoms with Crippen LogP contribution in [0, 0.1) is 0 Å². The Labute approximate surface area is 118 Å². The van der Waals surface area contributed by atoms with Crippen molar-refractivity contribution in [3.8, 4) is 11.5 Å². The average molecular weight is 299 g/mol. The van der Waals surface area contributed by atoms with Gasteiger partial charge in [0, 0.05) is 18.0 Å². The number of nitrogens with one attached hydrogen (secondary N) is 1. The van der Waals surface area contributed by atoms with Crippen LogP contribution < -0.4 is 14.8 Å². The molecule has 1 N–H and O–H groups in total. The Bertz CT molecular complexity index is 632. The van der Waals surface area contributed by atoms with Gasteiger partial charge >= 0.3 is 6.18 Å². The molecule has 0 fully saturated rings. The number of nitrogens with zero attached hydrogens (tertiary/aromatic N) is 2. The molecule has 21 heavy (non-hydrogen) atoms. The number of halogens is 3. The number of ether oxygens (including phenoxy) is 2. The largest absolute Gasteiger partial charge is 0.493 e. The number of hydrogen-bond acceptors (Lipinski definition) is 5. The Morgan fingerprint density at radius 2 is 1.76 bits per heavy atom. The first-order valence-corrected chi connectivity index (χ1v) is 5.83. The summed E-state index contributed by atoms with van der Waals surface area (Å²) in [6.45, 7) is 0. The standard InChI is InChI=1S/C13H12F3N3O2/c1-20-9-4-3-8(7-10(9)21-2)18-12-17-6-5-11(19-12)13(14,15)16/h3-7H,1-2H3,(H,17,18,19). The van der Waals surface area contributed by atoms with E-state index in [4.69, 9.17) is 9.47 Å². The van der Waals surface area contributed by atoms with Crippen molar-refractivity contribution in [1.29, 1.82) is 0 Å². The van der Waals surface area contributed by atoms with Crippen molar-refractivity contribution in [2.75, 3.05) is 19.5 Å². The van der Waals surface area contributed by atoms with Gasteiger partial charge in [0.05, 0.1) is 14.2 Å². The highest BCUT2D eigenvalue weighted by molar-refractivity contribution is 5.59. The minimum Gasteiger partial charge on any atom is -0.493 e. The van der Waals surface area contributed by atoms with Crippen LogP contribution in [0.3, 0.4) is 0 Å². The van der Waals surface area contributed by atoms with E-state index in [-0.39, 0.29) is 5.95 Å². The van der Waals surface area contributed by atoms with Gasteiger partial charge in [0.1, 0.15) is 5.69 Å². The van der Waals surface area contributed by atoms with E-state index >= 15 is 0 Å². The summed E-state index contributed by atoms with van der Waals surface area (Å²) in [5.74, 6) is 0.791. The maximum atomic E-state index is 12.6. The van der Waals surface area contributed by atoms with E-state index < -0.39 is 11.9 Å². The first kappa shape index (κ1) is 14.9. The Balaban J connectivity index is 2.26. The quantitative estimate of drug-likeness (QED) is 0.939. The zero-order valence-electron chi connectivity index (χ0n) is 11.2. The molecule has 8 heteroatoms. The predicted octanol–water partition coefficient (Wildman–Crippen LogP) is 3.26. The molecule has 0 saturated heterocycles. The van der Waals surface area contributed by atoms with E-state index in [1.807, 2.05) is 0 Å². The fraction of sp³-hybridized carbons (Fsp3) is 0.231. The first-order valence-electron chi connectivity index (χ1n) is 5.83. The second-order valence-electron chi connectivity index (χ2n) is 3.96. The fourth-order valence-corrected chi connectivity index (χ4v) is 1.62. The van der Waals surface area contributed by atoms with Gasteiger partial charge in [-0.1, -0.05) is 0 Å². The average Bonchev–Trinajstić information content (AvgIpc) is 2.46. The number of methoxy groups -OCH3 is 2. The number of aromatic nitrogens is 2. The molecule has 0 spiro atoms. The smallest absolute Gasteiger partial charge is 0.433 e. The number of benzene rings is 1. The van der Waals surface area contributed by atoms with E-state index in [1.54, 1.807) is 18.2 Å². The molecular weight excluding hydrogens is 287 g/mol. The zero-order valence-corrected chi connectivity index (χ0v) is 11.2. The van der Waals surface area contributed by atoms with Crippen molar-refractivity contribution in [2.24, 2.45) is 0 Å². The summed E-state index contributed by atoms with van der Waals surface area (Å²) in [5.41, 5.74) is -0.535. The molecule has 0 radical (unpaired) electrons. The third-order valence-corrected chi connectivity index (χ3v) is 2.59. The summed E-state index contributed by atoms with van der Waals surface area (Å²) < 4.78 is 47.9. The summed E-state index contributed by atoms with van der Waals surface area (Å²) in [5, 5.41) is 2.68. The number of anilines is 2. The van der Waals surface area contributed by atoms with Crippen LogP contribution in [0.5, 0.6) is 11.5 Å². The molecule has 112 valence electrons. The van der Waals surface area contributed by atoms with Gasteiger partial charge < -0.3 is 14.8 Å². The Morgan fingerprint density at radius 3 is 2.38 bits per heavy atom. The SMILES string of the molecule is COc1ccc(Nc2nccc(C(F)(F)F)n2)cc1OC. The van der Waals surface area contributed by atoms with E-state index in [2.05, 4.69) is 15.3 Å². The summed E-state index contributed by atoms with van der Waals surface area (Å²) in [4.78, 5) is 7.17. The lowest BCUT2D eigenvalue weighted by Gasteiger charge is -2.11. The lowest BCUT2D eigenvalue weighted by atomic mass is 10.3. The van der Waals surface area contributed by atoms with Crippen LogP contribution in [-0.4, -0.2) is 24.2 Å². The normalized spacial score (nSPS) is 11.1. The van der Waals surface area contributed by atoms with Crippen LogP contribution in [-0.2, 0) is 6.18 Å². The van der Waals surface area contributed by atoms with Gasteiger partial charge in [-0.05, 0) is 18.2 Å². The zero-order chi connectivity index (χ0) is 15.5. The fourth-order valence-electron chi connectivity index (χ4n) is 1.62. The Hall–Kier alpha value is -2.51. The lowest BCUT2D eigenvalue weighted by molar-refractivity contribution is -0.141. The van der Waals surface area contributed by atoms with Crippen molar-refractivity contribution >= 4 is 11.6 Å². The van der Waals surface area contributed by atoms with Gasteiger partial charge in [-0.2, -0.15) is 13.2 Å². The number of alkyl halides is 3. The van der Waals surface area contributed by atoms with Gasteiger partial charge in [-0.25, -0.2) is 9.97 Å². The molecule has 0 aliphatic rings. The van der Waals surface area contributed by atoms with Gasteiger partial charge in [0.25, 0.3) is 0 Å². The van der Waals surface area contributed by atoms with Crippen molar-refractivity contribution < 1.29 is 22.6 Å². The van der Waals surface area contributed by atoms with Crippen molar-refractivity contribution in [3.63, 3.8) is 0 Å². The van der Waals surface area contributed by atoms with Crippen LogP contribution in [0.2, 0.25) is 0 Å². The molecule has 2 aromatic rings. The molecule has 0 aliphatic carbocycles. The van der Waals surface area contributed by atoms with Crippen molar-refractivity contribution in [2.45, 2.75) is 6.18 Å². The molecule has 0 bridgehead atoms. The maximum Gasteiger partial charge on any atom is 0.433 e. The van der Waals surface area contributed by atoms with E-state index in [0.29, 0.717) is 17.2 Å². The number of rotatable bonds is 4. The van der Waals surface area contributed by atoms with Gasteiger partial charge in [-0.3, -0.25) is 0 Å². The minimum atomic E-state index is -4.52. The van der Waals surface area contributed by atoms with E-state index in [1.165, 1.54) is 14.2 Å². The summed E-state index contributed by atoms with van der Waals surface area (Å²) in [6, 6.07) is 5.61. The molecular formula is C13H12F3N3O2. The molecule has 2 rings (SSSR count). The second kappa shape index (κ2) is 5.86. The van der Waals surface area contributed by atoms with E-state index in [9.17, 15) is 13.2 Å². The third-order valence-electron chi connectivity index (χ3n) is 2.59. The summed E-state index contributed by atoms with van der Waals surface area (Å²) in [7, 11) is 2.95. The van der Waals surface area contributed by atoms with Crippen LogP contribution in [0.15, 0.2) is 30.5 Å². The molecule has 0 atom stereocenters.